The van der Waals surface area contributed by atoms with E-state index in [4.69, 9.17) is 14.2 Å². The number of methoxy groups -OCH3 is 2. The van der Waals surface area contributed by atoms with Crippen LogP contribution in [0.3, 0.4) is 0 Å². The number of amides is 1. The summed E-state index contributed by atoms with van der Waals surface area (Å²) < 4.78 is 16.8. The van der Waals surface area contributed by atoms with Crippen LogP contribution in [0.4, 0.5) is 0 Å². The van der Waals surface area contributed by atoms with Crippen molar-refractivity contribution in [1.29, 1.82) is 0 Å². The Morgan fingerprint density at radius 2 is 1.79 bits per heavy atom. The average molecular weight is 443 g/mol. The molecule has 3 rings (SSSR count). The van der Waals surface area contributed by atoms with Gasteiger partial charge in [-0.2, -0.15) is 5.10 Å². The Balaban J connectivity index is 1.58. The fourth-order valence-corrected chi connectivity index (χ4v) is 3.12. The van der Waals surface area contributed by atoms with Crippen molar-refractivity contribution in [3.05, 3.63) is 64.6 Å². The van der Waals surface area contributed by atoms with Gasteiger partial charge in [0.05, 0.1) is 24.9 Å². The van der Waals surface area contributed by atoms with Gasteiger partial charge in [0.15, 0.2) is 6.61 Å². The average Bonchev–Trinajstić information content (AvgIpc) is 2.72. The van der Waals surface area contributed by atoms with Crippen LogP contribution in [0.25, 0.3) is 10.8 Å². The van der Waals surface area contributed by atoms with Crippen LogP contribution in [-0.2, 0) is 4.79 Å². The van der Waals surface area contributed by atoms with Crippen LogP contribution >= 0.6 is 15.9 Å². The Kier molecular flexibility index (Phi) is 6.49. The molecule has 0 aliphatic rings. The lowest BCUT2D eigenvalue weighted by Crippen LogP contribution is -2.24. The number of carbonyl (C=O) groups excluding carboxylic acids is 1. The molecule has 0 unspecified atom stereocenters. The number of rotatable bonds is 7. The summed E-state index contributed by atoms with van der Waals surface area (Å²) in [6, 6.07) is 17.1. The molecule has 0 saturated heterocycles. The lowest BCUT2D eigenvalue weighted by Gasteiger charge is -2.09. The lowest BCUT2D eigenvalue weighted by molar-refractivity contribution is -0.123. The van der Waals surface area contributed by atoms with E-state index in [1.807, 2.05) is 42.5 Å². The summed E-state index contributed by atoms with van der Waals surface area (Å²) in [6.45, 7) is -0.140. The molecule has 0 atom stereocenters. The second-order valence-corrected chi connectivity index (χ2v) is 6.67. The molecule has 0 aromatic heterocycles. The predicted octanol–water partition coefficient (Wildman–Crippen LogP) is 4.15. The molecule has 0 aliphatic carbocycles. The van der Waals surface area contributed by atoms with E-state index in [2.05, 4.69) is 26.5 Å². The standard InChI is InChI=1S/C21H19BrN2O4/c1-26-19-11-20(27-2)18(22)10-16(19)12-23-24-21(25)13-28-17-8-7-14-5-3-4-6-15(14)9-17/h3-12H,13H2,1-2H3,(H,24,25). The Hall–Kier alpha value is -3.06. The topological polar surface area (TPSA) is 69.2 Å². The SMILES string of the molecule is COc1cc(OC)c(C=NNC(=O)COc2ccc3ccccc3c2)cc1Br. The minimum atomic E-state index is -0.365. The smallest absolute Gasteiger partial charge is 0.277 e. The van der Waals surface area contributed by atoms with Gasteiger partial charge in [-0.05, 0) is 44.9 Å². The zero-order valence-corrected chi connectivity index (χ0v) is 17.0. The molecular formula is C21H19BrN2O4. The molecule has 0 bridgehead atoms. The fourth-order valence-electron chi connectivity index (χ4n) is 2.60. The molecule has 0 radical (unpaired) electrons. The van der Waals surface area contributed by atoms with Crippen molar-refractivity contribution < 1.29 is 19.0 Å². The van der Waals surface area contributed by atoms with Crippen molar-refractivity contribution in [2.45, 2.75) is 0 Å². The van der Waals surface area contributed by atoms with Gasteiger partial charge in [0.25, 0.3) is 5.91 Å². The van der Waals surface area contributed by atoms with Crippen LogP contribution in [-0.4, -0.2) is 32.9 Å². The summed E-state index contributed by atoms with van der Waals surface area (Å²) in [6.07, 6.45) is 1.50. The van der Waals surface area contributed by atoms with Gasteiger partial charge in [-0.15, -0.1) is 0 Å². The first kappa shape index (κ1) is 19.7. The van der Waals surface area contributed by atoms with E-state index in [0.717, 1.165) is 15.2 Å². The monoisotopic (exact) mass is 442 g/mol. The quantitative estimate of drug-likeness (QED) is 0.440. The van der Waals surface area contributed by atoms with Crippen molar-refractivity contribution in [2.24, 2.45) is 5.10 Å². The number of carbonyl (C=O) groups is 1. The van der Waals surface area contributed by atoms with Crippen LogP contribution in [0, 0.1) is 0 Å². The number of benzene rings is 3. The number of hydrogen-bond donors (Lipinski definition) is 1. The third-order valence-electron chi connectivity index (χ3n) is 3.99. The molecule has 1 amide bonds. The summed E-state index contributed by atoms with van der Waals surface area (Å²) in [7, 11) is 3.12. The van der Waals surface area contributed by atoms with Gasteiger partial charge in [-0.25, -0.2) is 5.43 Å². The van der Waals surface area contributed by atoms with E-state index in [-0.39, 0.29) is 12.5 Å². The molecule has 144 valence electrons. The largest absolute Gasteiger partial charge is 0.496 e. The van der Waals surface area contributed by atoms with Gasteiger partial charge < -0.3 is 14.2 Å². The van der Waals surface area contributed by atoms with Gasteiger partial charge >= 0.3 is 0 Å². The van der Waals surface area contributed by atoms with Crippen LogP contribution in [0.15, 0.2) is 64.2 Å². The van der Waals surface area contributed by atoms with Gasteiger partial charge in [0.2, 0.25) is 0 Å². The van der Waals surface area contributed by atoms with Crippen molar-refractivity contribution in [2.75, 3.05) is 20.8 Å². The van der Waals surface area contributed by atoms with Gasteiger partial charge in [-0.1, -0.05) is 30.3 Å². The van der Waals surface area contributed by atoms with Gasteiger partial charge in [0.1, 0.15) is 17.2 Å². The predicted molar refractivity (Wildman–Crippen MR) is 112 cm³/mol. The summed E-state index contributed by atoms with van der Waals surface area (Å²) >= 11 is 3.41. The molecule has 0 aliphatic heterocycles. The maximum atomic E-state index is 12.0. The summed E-state index contributed by atoms with van der Waals surface area (Å²) in [5.41, 5.74) is 3.13. The fraction of sp³-hybridized carbons (Fsp3) is 0.143. The van der Waals surface area contributed by atoms with E-state index in [1.54, 1.807) is 26.4 Å². The number of nitrogens with one attached hydrogen (secondary N) is 1. The number of fused-ring (bicyclic) bond motifs is 1. The van der Waals surface area contributed by atoms with Crippen molar-refractivity contribution in [3.63, 3.8) is 0 Å². The third kappa shape index (κ3) is 4.80. The molecule has 0 heterocycles. The number of hydrazone groups is 1. The zero-order valence-electron chi connectivity index (χ0n) is 15.4. The van der Waals surface area contributed by atoms with E-state index >= 15 is 0 Å². The highest BCUT2D eigenvalue weighted by Crippen LogP contribution is 2.31. The van der Waals surface area contributed by atoms with E-state index in [1.165, 1.54) is 6.21 Å². The highest BCUT2D eigenvalue weighted by atomic mass is 79.9. The van der Waals surface area contributed by atoms with Gasteiger partial charge in [0, 0.05) is 11.6 Å². The first-order chi connectivity index (χ1) is 13.6. The van der Waals surface area contributed by atoms with Crippen molar-refractivity contribution in [1.82, 2.24) is 5.43 Å². The van der Waals surface area contributed by atoms with Crippen LogP contribution < -0.4 is 19.6 Å². The van der Waals surface area contributed by atoms with Crippen LogP contribution in [0.1, 0.15) is 5.56 Å². The molecule has 0 spiro atoms. The lowest BCUT2D eigenvalue weighted by atomic mass is 10.1. The molecule has 3 aromatic carbocycles. The second-order valence-electron chi connectivity index (χ2n) is 5.82. The summed E-state index contributed by atoms with van der Waals surface area (Å²) in [5, 5.41) is 6.13. The Labute approximate surface area is 171 Å². The molecule has 3 aromatic rings. The van der Waals surface area contributed by atoms with Crippen molar-refractivity contribution >= 4 is 38.8 Å². The zero-order chi connectivity index (χ0) is 19.9. The molecule has 1 N–H and O–H groups in total. The summed E-state index contributed by atoms with van der Waals surface area (Å²) in [4.78, 5) is 12.0. The Morgan fingerprint density at radius 1 is 1.04 bits per heavy atom. The maximum absolute atomic E-state index is 12.0. The maximum Gasteiger partial charge on any atom is 0.277 e. The third-order valence-corrected chi connectivity index (χ3v) is 4.61. The minimum absolute atomic E-state index is 0.140. The minimum Gasteiger partial charge on any atom is -0.496 e. The second kappa shape index (κ2) is 9.23. The number of nitrogens with zero attached hydrogens (tertiary/aromatic N) is 1. The van der Waals surface area contributed by atoms with Crippen molar-refractivity contribution in [3.8, 4) is 17.2 Å². The highest BCUT2D eigenvalue weighted by Gasteiger charge is 2.08. The molecule has 7 heteroatoms. The molecule has 0 saturated carbocycles. The normalized spacial score (nSPS) is 10.8. The molecule has 28 heavy (non-hydrogen) atoms. The van der Waals surface area contributed by atoms with Crippen LogP contribution in [0.2, 0.25) is 0 Å². The molecule has 6 nitrogen and oxygen atoms in total. The molecular weight excluding hydrogens is 424 g/mol. The van der Waals surface area contributed by atoms with Gasteiger partial charge in [-0.3, -0.25) is 4.79 Å². The van der Waals surface area contributed by atoms with E-state index in [9.17, 15) is 4.79 Å². The highest BCUT2D eigenvalue weighted by molar-refractivity contribution is 9.10. The summed E-state index contributed by atoms with van der Waals surface area (Å²) in [5.74, 6) is 1.47. The molecule has 0 fully saturated rings. The van der Waals surface area contributed by atoms with E-state index in [0.29, 0.717) is 22.8 Å². The number of ether oxygens (including phenoxy) is 3. The number of hydrogen-bond acceptors (Lipinski definition) is 5. The Morgan fingerprint density at radius 3 is 2.54 bits per heavy atom. The van der Waals surface area contributed by atoms with E-state index < -0.39 is 0 Å². The van der Waals surface area contributed by atoms with Crippen LogP contribution in [0.5, 0.6) is 17.2 Å². The Bertz CT molecular complexity index is 1020. The number of halogens is 1. The first-order valence-corrected chi connectivity index (χ1v) is 9.25. The first-order valence-electron chi connectivity index (χ1n) is 8.45.